The molecule has 252 valence electrons. The molecule has 2 aliphatic rings. The molecule has 0 spiro atoms. The maximum absolute atomic E-state index is 14.6. The number of hydrogen-bond acceptors (Lipinski definition) is 9. The van der Waals surface area contributed by atoms with Crippen molar-refractivity contribution in [3.8, 4) is 5.75 Å². The standard InChI is InChI=1S/C34H35FN4O9/c1-19-11-22(12-20(2)31(19)43)32(44)37-25-15-38(29(41)18-46-3)27-13-23(35)9-10-26(27)39(33(25)45)16-28(40)36-24-14-30(42)48-34(24)47-17-21-7-5-4-6-8-21/h4-13,24-25,34,43H,14-18H2,1-3H3,(H,36,40)(H,37,44)/t24-,25-,34+/m0/s1. The molecule has 0 saturated carbocycles. The Hall–Kier alpha value is -5.34. The number of phenolic OH excluding ortho intramolecular Hbond substituents is 1. The van der Waals surface area contributed by atoms with Crippen LogP contribution in [-0.4, -0.2) is 79.9 Å². The molecular weight excluding hydrogens is 627 g/mol. The first kappa shape index (κ1) is 34.0. The number of carbonyl (C=O) groups excluding carboxylic acids is 5. The first-order chi connectivity index (χ1) is 22.9. The van der Waals surface area contributed by atoms with Gasteiger partial charge in [-0.2, -0.15) is 0 Å². The molecule has 3 N–H and O–H groups in total. The van der Waals surface area contributed by atoms with Crippen LogP contribution in [-0.2, 0) is 40.0 Å². The van der Waals surface area contributed by atoms with Gasteiger partial charge >= 0.3 is 5.97 Å². The van der Waals surface area contributed by atoms with Gasteiger partial charge in [-0.05, 0) is 60.9 Å². The topological polar surface area (TPSA) is 164 Å². The number of esters is 1. The number of methoxy groups -OCH3 is 1. The van der Waals surface area contributed by atoms with E-state index in [1.807, 2.05) is 30.3 Å². The maximum atomic E-state index is 14.6. The number of fused-ring (bicyclic) bond motifs is 1. The number of halogens is 1. The van der Waals surface area contributed by atoms with Crippen LogP contribution < -0.4 is 20.4 Å². The van der Waals surface area contributed by atoms with E-state index in [1.54, 1.807) is 13.8 Å². The third-order valence-electron chi connectivity index (χ3n) is 7.94. The molecule has 48 heavy (non-hydrogen) atoms. The zero-order chi connectivity index (χ0) is 34.5. The number of amides is 4. The highest BCUT2D eigenvalue weighted by molar-refractivity contribution is 6.11. The lowest BCUT2D eigenvalue weighted by Crippen LogP contribution is -2.55. The third kappa shape index (κ3) is 7.61. The van der Waals surface area contributed by atoms with E-state index in [0.29, 0.717) is 11.1 Å². The average molecular weight is 663 g/mol. The van der Waals surface area contributed by atoms with Crippen molar-refractivity contribution in [1.82, 2.24) is 10.6 Å². The van der Waals surface area contributed by atoms with E-state index in [-0.39, 0.29) is 35.7 Å². The molecule has 1 saturated heterocycles. The van der Waals surface area contributed by atoms with Gasteiger partial charge in [0.15, 0.2) is 0 Å². The van der Waals surface area contributed by atoms with Crippen LogP contribution in [0.15, 0.2) is 60.7 Å². The average Bonchev–Trinajstić information content (AvgIpc) is 3.36. The third-order valence-corrected chi connectivity index (χ3v) is 7.94. The highest BCUT2D eigenvalue weighted by Gasteiger charge is 2.40. The van der Waals surface area contributed by atoms with Crippen molar-refractivity contribution in [1.29, 1.82) is 0 Å². The number of ether oxygens (including phenoxy) is 3. The lowest BCUT2D eigenvalue weighted by molar-refractivity contribution is -0.168. The minimum absolute atomic E-state index is 0.0187. The summed E-state index contributed by atoms with van der Waals surface area (Å²) in [5.74, 6) is -4.05. The van der Waals surface area contributed by atoms with Crippen LogP contribution >= 0.6 is 0 Å². The first-order valence-corrected chi connectivity index (χ1v) is 15.1. The number of phenols is 1. The number of benzene rings is 3. The minimum Gasteiger partial charge on any atom is -0.507 e. The second-order valence-electron chi connectivity index (χ2n) is 11.5. The highest BCUT2D eigenvalue weighted by atomic mass is 19.1. The van der Waals surface area contributed by atoms with Crippen LogP contribution in [0.4, 0.5) is 15.8 Å². The molecule has 0 radical (unpaired) electrons. The molecule has 0 aromatic heterocycles. The molecule has 3 aromatic carbocycles. The van der Waals surface area contributed by atoms with Gasteiger partial charge in [0.1, 0.15) is 36.8 Å². The molecule has 2 aliphatic heterocycles. The number of carbonyl (C=O) groups is 5. The Bertz CT molecular complexity index is 1710. The first-order valence-electron chi connectivity index (χ1n) is 15.1. The summed E-state index contributed by atoms with van der Waals surface area (Å²) in [5.41, 5.74) is 1.86. The van der Waals surface area contributed by atoms with Gasteiger partial charge < -0.3 is 34.9 Å². The number of anilines is 2. The molecule has 0 unspecified atom stereocenters. The molecule has 14 heteroatoms. The number of nitrogens with zero attached hydrogens (tertiary/aromatic N) is 2. The van der Waals surface area contributed by atoms with E-state index in [9.17, 15) is 33.5 Å². The molecule has 3 atom stereocenters. The Morgan fingerprint density at radius 2 is 1.71 bits per heavy atom. The molecule has 3 aromatic rings. The van der Waals surface area contributed by atoms with Gasteiger partial charge in [0.2, 0.25) is 12.2 Å². The van der Waals surface area contributed by atoms with Gasteiger partial charge in [-0.15, -0.1) is 0 Å². The summed E-state index contributed by atoms with van der Waals surface area (Å²) in [5, 5.41) is 15.5. The summed E-state index contributed by atoms with van der Waals surface area (Å²) in [6.07, 6.45) is -1.26. The fourth-order valence-electron chi connectivity index (χ4n) is 5.60. The van der Waals surface area contributed by atoms with Crippen LogP contribution in [0.1, 0.15) is 33.5 Å². The monoisotopic (exact) mass is 662 g/mol. The fourth-order valence-corrected chi connectivity index (χ4v) is 5.60. The molecule has 5 rings (SSSR count). The number of nitrogens with one attached hydrogen (secondary N) is 2. The van der Waals surface area contributed by atoms with E-state index >= 15 is 0 Å². The Kier molecular flexibility index (Phi) is 10.4. The van der Waals surface area contributed by atoms with Crippen molar-refractivity contribution >= 4 is 41.0 Å². The van der Waals surface area contributed by atoms with Crippen LogP contribution in [0, 0.1) is 19.7 Å². The van der Waals surface area contributed by atoms with Gasteiger partial charge in [0.25, 0.3) is 17.7 Å². The van der Waals surface area contributed by atoms with Crippen molar-refractivity contribution in [3.63, 3.8) is 0 Å². The van der Waals surface area contributed by atoms with Gasteiger partial charge in [0, 0.05) is 12.7 Å². The molecule has 1 fully saturated rings. The zero-order valence-corrected chi connectivity index (χ0v) is 26.5. The van der Waals surface area contributed by atoms with Crippen LogP contribution in [0.3, 0.4) is 0 Å². The predicted octanol–water partition coefficient (Wildman–Crippen LogP) is 2.25. The molecule has 13 nitrogen and oxygen atoms in total. The van der Waals surface area contributed by atoms with E-state index < -0.39 is 73.5 Å². The normalized spacial score (nSPS) is 19.0. The lowest BCUT2D eigenvalue weighted by atomic mass is 10.0. The van der Waals surface area contributed by atoms with Crippen molar-refractivity contribution < 1.29 is 47.7 Å². The molecule has 2 heterocycles. The summed E-state index contributed by atoms with van der Waals surface area (Å²) >= 11 is 0. The Balaban J connectivity index is 1.42. The van der Waals surface area contributed by atoms with Gasteiger partial charge in [0.05, 0.1) is 30.9 Å². The SMILES string of the molecule is COCC(=O)N1C[C@H](NC(=O)c2cc(C)c(O)c(C)c2)C(=O)N(CC(=O)N[C@H]2CC(=O)O[C@H]2OCc2ccccc2)c2ccc(F)cc21. The Labute approximate surface area is 275 Å². The van der Waals surface area contributed by atoms with Crippen molar-refractivity contribution in [2.45, 2.75) is 45.2 Å². The number of hydrogen-bond donors (Lipinski definition) is 3. The van der Waals surface area contributed by atoms with E-state index in [0.717, 1.165) is 27.5 Å². The quantitative estimate of drug-likeness (QED) is 0.276. The summed E-state index contributed by atoms with van der Waals surface area (Å²) in [4.78, 5) is 68.6. The lowest BCUT2D eigenvalue weighted by Gasteiger charge is -2.26. The summed E-state index contributed by atoms with van der Waals surface area (Å²) in [7, 11) is 1.30. The molecule has 0 bridgehead atoms. The van der Waals surface area contributed by atoms with Gasteiger partial charge in [-0.3, -0.25) is 28.9 Å². The smallest absolute Gasteiger partial charge is 0.310 e. The second-order valence-corrected chi connectivity index (χ2v) is 11.5. The predicted molar refractivity (Wildman–Crippen MR) is 169 cm³/mol. The number of cyclic esters (lactones) is 1. The van der Waals surface area contributed by atoms with Crippen molar-refractivity contribution in [2.24, 2.45) is 0 Å². The van der Waals surface area contributed by atoms with Gasteiger partial charge in [-0.1, -0.05) is 30.3 Å². The Morgan fingerprint density at radius 1 is 1.00 bits per heavy atom. The summed E-state index contributed by atoms with van der Waals surface area (Å²) in [6.45, 7) is 1.91. The molecule has 4 amide bonds. The van der Waals surface area contributed by atoms with E-state index in [4.69, 9.17) is 14.2 Å². The summed E-state index contributed by atoms with van der Waals surface area (Å²) in [6, 6.07) is 13.2. The minimum atomic E-state index is -1.39. The van der Waals surface area contributed by atoms with E-state index in [1.165, 1.54) is 25.3 Å². The molecular formula is C34H35FN4O9. The number of aryl methyl sites for hydroxylation is 2. The van der Waals surface area contributed by atoms with Crippen LogP contribution in [0.25, 0.3) is 0 Å². The maximum Gasteiger partial charge on any atom is 0.310 e. The van der Waals surface area contributed by atoms with E-state index in [2.05, 4.69) is 10.6 Å². The Morgan fingerprint density at radius 3 is 2.40 bits per heavy atom. The second kappa shape index (κ2) is 14.6. The zero-order valence-electron chi connectivity index (χ0n) is 26.5. The molecule has 0 aliphatic carbocycles. The summed E-state index contributed by atoms with van der Waals surface area (Å²) < 4.78 is 30.7. The fraction of sp³-hybridized carbons (Fsp3) is 0.324. The van der Waals surface area contributed by atoms with Gasteiger partial charge in [-0.25, -0.2) is 4.39 Å². The van der Waals surface area contributed by atoms with Crippen molar-refractivity contribution in [3.05, 3.63) is 88.7 Å². The highest BCUT2D eigenvalue weighted by Crippen LogP contribution is 2.34. The largest absolute Gasteiger partial charge is 0.507 e. The number of rotatable bonds is 10. The van der Waals surface area contributed by atoms with Crippen LogP contribution in [0.2, 0.25) is 0 Å². The van der Waals surface area contributed by atoms with Crippen molar-refractivity contribution in [2.75, 3.05) is 36.6 Å². The number of aromatic hydroxyl groups is 1. The van der Waals surface area contributed by atoms with Crippen LogP contribution in [0.5, 0.6) is 5.75 Å².